The molecule has 1 aromatic carbocycles. The normalized spacial score (nSPS) is 19.2. The number of nitrogens with zero attached hydrogens (tertiary/aromatic N) is 2. The summed E-state index contributed by atoms with van der Waals surface area (Å²) < 4.78 is 19.3. The first-order valence-corrected chi connectivity index (χ1v) is 7.42. The van der Waals surface area contributed by atoms with Crippen LogP contribution in [0.5, 0.6) is 0 Å². The van der Waals surface area contributed by atoms with Crippen LogP contribution in [0.3, 0.4) is 0 Å². The zero-order valence-corrected chi connectivity index (χ0v) is 13.3. The van der Waals surface area contributed by atoms with Crippen molar-refractivity contribution in [3.63, 3.8) is 0 Å². The Morgan fingerprint density at radius 2 is 2.05 bits per heavy atom. The number of hydrogen-bond acceptors (Lipinski definition) is 4. The molecule has 1 heterocycles. The second-order valence-corrected chi connectivity index (χ2v) is 6.41. The van der Waals surface area contributed by atoms with Crippen LogP contribution in [0.1, 0.15) is 20.8 Å². The van der Waals surface area contributed by atoms with Gasteiger partial charge in [0.25, 0.3) is 0 Å². The Bertz CT molecular complexity index is 530. The number of ether oxygens (including phenoxy) is 1. The third-order valence-corrected chi connectivity index (χ3v) is 3.51. The fourth-order valence-corrected chi connectivity index (χ4v) is 2.51. The zero-order chi connectivity index (χ0) is 16.3. The van der Waals surface area contributed by atoms with E-state index in [-0.39, 0.29) is 18.5 Å². The van der Waals surface area contributed by atoms with Crippen molar-refractivity contribution in [2.75, 3.05) is 31.1 Å². The van der Waals surface area contributed by atoms with Crippen LogP contribution in [0.15, 0.2) is 24.3 Å². The number of carbonyl (C=O) groups excluding carboxylic acids is 1. The lowest BCUT2D eigenvalue weighted by atomic mass is 10.1. The standard InChI is InChI=1S/C16H23FN2O3/c1-16(2,3)22-15(21)18-8-9-19(12(10-18)11-20)14-7-5-4-6-13(14)17/h4-7,12,20H,8-11H2,1-3H3. The van der Waals surface area contributed by atoms with Crippen molar-refractivity contribution in [2.24, 2.45) is 0 Å². The Morgan fingerprint density at radius 3 is 2.64 bits per heavy atom. The first kappa shape index (κ1) is 16.5. The number of para-hydroxylation sites is 1. The van der Waals surface area contributed by atoms with Crippen molar-refractivity contribution >= 4 is 11.8 Å². The topological polar surface area (TPSA) is 53.0 Å². The first-order valence-electron chi connectivity index (χ1n) is 7.42. The van der Waals surface area contributed by atoms with Gasteiger partial charge in [0.15, 0.2) is 0 Å². The fourth-order valence-electron chi connectivity index (χ4n) is 2.51. The van der Waals surface area contributed by atoms with E-state index in [9.17, 15) is 14.3 Å². The summed E-state index contributed by atoms with van der Waals surface area (Å²) >= 11 is 0. The van der Waals surface area contributed by atoms with E-state index in [1.54, 1.807) is 28.0 Å². The molecular formula is C16H23FN2O3. The van der Waals surface area contributed by atoms with Crippen molar-refractivity contribution in [3.8, 4) is 0 Å². The summed E-state index contributed by atoms with van der Waals surface area (Å²) in [6.07, 6.45) is -0.404. The summed E-state index contributed by atoms with van der Waals surface area (Å²) in [5.41, 5.74) is -0.112. The zero-order valence-electron chi connectivity index (χ0n) is 13.3. The van der Waals surface area contributed by atoms with Crippen molar-refractivity contribution in [2.45, 2.75) is 32.4 Å². The van der Waals surface area contributed by atoms with Crippen LogP contribution in [-0.4, -0.2) is 54.0 Å². The third kappa shape index (κ3) is 3.88. The lowest BCUT2D eigenvalue weighted by Gasteiger charge is -2.42. The monoisotopic (exact) mass is 310 g/mol. The number of aliphatic hydroxyl groups excluding tert-OH is 1. The molecule has 0 radical (unpaired) electrons. The number of hydrogen-bond donors (Lipinski definition) is 1. The minimum Gasteiger partial charge on any atom is -0.444 e. The molecule has 0 spiro atoms. The Hall–Kier alpha value is -1.82. The van der Waals surface area contributed by atoms with Gasteiger partial charge in [-0.1, -0.05) is 12.1 Å². The highest BCUT2D eigenvalue weighted by atomic mass is 19.1. The van der Waals surface area contributed by atoms with Gasteiger partial charge < -0.3 is 19.6 Å². The first-order chi connectivity index (χ1) is 10.3. The molecule has 6 heteroatoms. The summed E-state index contributed by atoms with van der Waals surface area (Å²) in [4.78, 5) is 15.5. The molecule has 1 N–H and O–H groups in total. The van der Waals surface area contributed by atoms with E-state index in [0.717, 1.165) is 0 Å². The number of aliphatic hydroxyl groups is 1. The van der Waals surface area contributed by atoms with Gasteiger partial charge in [0.1, 0.15) is 11.4 Å². The van der Waals surface area contributed by atoms with E-state index in [0.29, 0.717) is 25.3 Å². The van der Waals surface area contributed by atoms with Gasteiger partial charge in [0, 0.05) is 19.6 Å². The van der Waals surface area contributed by atoms with Crippen LogP contribution in [0.25, 0.3) is 0 Å². The molecule has 1 aromatic rings. The van der Waals surface area contributed by atoms with Gasteiger partial charge in [-0.2, -0.15) is 0 Å². The van der Waals surface area contributed by atoms with Gasteiger partial charge in [0.2, 0.25) is 0 Å². The molecule has 1 aliphatic heterocycles. The quantitative estimate of drug-likeness (QED) is 0.910. The molecule has 5 nitrogen and oxygen atoms in total. The number of amides is 1. The lowest BCUT2D eigenvalue weighted by molar-refractivity contribution is 0.0197. The fraction of sp³-hybridized carbons (Fsp3) is 0.562. The minimum absolute atomic E-state index is 0.159. The minimum atomic E-state index is -0.561. The Morgan fingerprint density at radius 1 is 1.36 bits per heavy atom. The lowest BCUT2D eigenvalue weighted by Crippen LogP contribution is -2.57. The van der Waals surface area contributed by atoms with Crippen molar-refractivity contribution < 1.29 is 19.0 Å². The summed E-state index contributed by atoms with van der Waals surface area (Å²) in [6, 6.07) is 6.11. The summed E-state index contributed by atoms with van der Waals surface area (Å²) in [7, 11) is 0. The molecule has 0 bridgehead atoms. The SMILES string of the molecule is CC(C)(C)OC(=O)N1CCN(c2ccccc2F)C(CO)C1. The highest BCUT2D eigenvalue weighted by Crippen LogP contribution is 2.24. The Kier molecular flexibility index (Phi) is 4.90. The maximum atomic E-state index is 13.9. The largest absolute Gasteiger partial charge is 0.444 e. The van der Waals surface area contributed by atoms with Gasteiger partial charge >= 0.3 is 6.09 Å². The number of halogens is 1. The molecular weight excluding hydrogens is 287 g/mol. The smallest absolute Gasteiger partial charge is 0.410 e. The molecule has 0 saturated carbocycles. The van der Waals surface area contributed by atoms with Gasteiger partial charge in [-0.3, -0.25) is 0 Å². The van der Waals surface area contributed by atoms with Crippen molar-refractivity contribution in [1.82, 2.24) is 4.90 Å². The van der Waals surface area contributed by atoms with Crippen molar-refractivity contribution in [1.29, 1.82) is 0 Å². The maximum absolute atomic E-state index is 13.9. The van der Waals surface area contributed by atoms with Gasteiger partial charge in [-0.25, -0.2) is 9.18 Å². The van der Waals surface area contributed by atoms with Crippen molar-refractivity contribution in [3.05, 3.63) is 30.1 Å². The van der Waals surface area contributed by atoms with E-state index in [2.05, 4.69) is 0 Å². The molecule has 1 aliphatic rings. The molecule has 1 fully saturated rings. The van der Waals surface area contributed by atoms with E-state index in [4.69, 9.17) is 4.74 Å². The average Bonchev–Trinajstić information content (AvgIpc) is 2.45. The number of rotatable bonds is 2. The van der Waals surface area contributed by atoms with E-state index in [1.807, 2.05) is 20.8 Å². The van der Waals surface area contributed by atoms with Gasteiger partial charge in [-0.15, -0.1) is 0 Å². The Balaban J connectivity index is 2.09. The second kappa shape index (κ2) is 6.52. The molecule has 22 heavy (non-hydrogen) atoms. The van der Waals surface area contributed by atoms with Crippen LogP contribution in [0.2, 0.25) is 0 Å². The van der Waals surface area contributed by atoms with E-state index < -0.39 is 11.7 Å². The van der Waals surface area contributed by atoms with E-state index >= 15 is 0 Å². The molecule has 2 rings (SSSR count). The average molecular weight is 310 g/mol. The number of piperazine rings is 1. The summed E-state index contributed by atoms with van der Waals surface area (Å²) in [5.74, 6) is -0.327. The molecule has 1 saturated heterocycles. The van der Waals surface area contributed by atoms with Crippen LogP contribution in [0.4, 0.5) is 14.9 Å². The number of carbonyl (C=O) groups is 1. The second-order valence-electron chi connectivity index (χ2n) is 6.41. The molecule has 1 unspecified atom stereocenters. The Labute approximate surface area is 130 Å². The third-order valence-electron chi connectivity index (χ3n) is 3.51. The van der Waals surface area contributed by atoms with E-state index in [1.165, 1.54) is 6.07 Å². The molecule has 1 atom stereocenters. The predicted molar refractivity (Wildman–Crippen MR) is 82.4 cm³/mol. The maximum Gasteiger partial charge on any atom is 0.410 e. The number of anilines is 1. The van der Waals surface area contributed by atoms with Gasteiger partial charge in [0.05, 0.1) is 18.3 Å². The molecule has 0 aliphatic carbocycles. The molecule has 122 valence electrons. The van der Waals surface area contributed by atoms with Crippen LogP contribution in [0, 0.1) is 5.82 Å². The summed E-state index contributed by atoms with van der Waals surface area (Å²) in [5, 5.41) is 9.60. The van der Waals surface area contributed by atoms with Crippen LogP contribution >= 0.6 is 0 Å². The van der Waals surface area contributed by atoms with Crippen LogP contribution < -0.4 is 4.90 Å². The predicted octanol–water partition coefficient (Wildman–Crippen LogP) is 2.24. The van der Waals surface area contributed by atoms with Gasteiger partial charge in [-0.05, 0) is 32.9 Å². The highest BCUT2D eigenvalue weighted by molar-refractivity contribution is 5.69. The summed E-state index contributed by atoms with van der Waals surface area (Å²) in [6.45, 7) is 6.45. The van der Waals surface area contributed by atoms with Crippen LogP contribution in [-0.2, 0) is 4.74 Å². The highest BCUT2D eigenvalue weighted by Gasteiger charge is 2.32. The number of benzene rings is 1. The molecule has 1 amide bonds. The molecule has 0 aromatic heterocycles.